The quantitative estimate of drug-likeness (QED) is 0.608. The van der Waals surface area contributed by atoms with Crippen molar-refractivity contribution < 1.29 is 0 Å². The van der Waals surface area contributed by atoms with E-state index in [0.717, 1.165) is 17.9 Å². The van der Waals surface area contributed by atoms with E-state index in [1.165, 1.54) is 70.8 Å². The molecule has 0 heterocycles. The van der Waals surface area contributed by atoms with E-state index < -0.39 is 0 Å². The van der Waals surface area contributed by atoms with Crippen LogP contribution in [0.2, 0.25) is 0 Å². The van der Waals surface area contributed by atoms with Gasteiger partial charge in [0.05, 0.1) is 0 Å². The molecule has 1 heteroatoms. The summed E-state index contributed by atoms with van der Waals surface area (Å²) < 4.78 is 0. The van der Waals surface area contributed by atoms with Crippen molar-refractivity contribution in [3.8, 4) is 0 Å². The molecule has 1 unspecified atom stereocenters. The normalized spacial score (nSPS) is 24.0. The van der Waals surface area contributed by atoms with Crippen molar-refractivity contribution in [1.29, 1.82) is 0 Å². The van der Waals surface area contributed by atoms with Crippen LogP contribution in [0.4, 0.5) is 0 Å². The third kappa shape index (κ3) is 4.48. The van der Waals surface area contributed by atoms with Gasteiger partial charge in [0.2, 0.25) is 0 Å². The van der Waals surface area contributed by atoms with Crippen LogP contribution < -0.4 is 5.32 Å². The van der Waals surface area contributed by atoms with Crippen molar-refractivity contribution in [3.05, 3.63) is 0 Å². The van der Waals surface area contributed by atoms with Gasteiger partial charge in [-0.2, -0.15) is 0 Å². The Hall–Kier alpha value is -0.0400. The summed E-state index contributed by atoms with van der Waals surface area (Å²) in [6.07, 6.45) is 14.6. The summed E-state index contributed by atoms with van der Waals surface area (Å²) >= 11 is 0. The van der Waals surface area contributed by atoms with Gasteiger partial charge in [0, 0.05) is 6.04 Å². The van der Waals surface area contributed by atoms with Gasteiger partial charge in [-0.05, 0) is 62.3 Å². The average Bonchev–Trinajstić information content (AvgIpc) is 3.08. The van der Waals surface area contributed by atoms with E-state index in [-0.39, 0.29) is 0 Å². The van der Waals surface area contributed by atoms with Gasteiger partial charge in [-0.1, -0.05) is 46.5 Å². The van der Waals surface area contributed by atoms with E-state index in [1.54, 1.807) is 0 Å². The molecule has 0 aromatic heterocycles. The lowest BCUT2D eigenvalue weighted by Crippen LogP contribution is -2.45. The molecule has 0 aliphatic heterocycles. The van der Waals surface area contributed by atoms with Gasteiger partial charge in [0.1, 0.15) is 0 Å². The Balaban J connectivity index is 1.97. The Bertz CT molecular complexity index is 248. The molecule has 2 rings (SSSR count). The summed E-state index contributed by atoms with van der Waals surface area (Å²) in [6, 6.07) is 0.804. The van der Waals surface area contributed by atoms with Gasteiger partial charge in [-0.15, -0.1) is 0 Å². The standard InChI is InChI=1S/C18H35N/c1-4-13-19-17(10-9-16-7-8-16)18(14-15(2)3)11-5-6-12-18/h15-17,19H,4-14H2,1-3H3. The van der Waals surface area contributed by atoms with E-state index >= 15 is 0 Å². The molecule has 1 N–H and O–H groups in total. The van der Waals surface area contributed by atoms with Crippen LogP contribution in [0.1, 0.15) is 85.0 Å². The highest BCUT2D eigenvalue weighted by Gasteiger charge is 2.41. The molecule has 2 saturated carbocycles. The summed E-state index contributed by atoms with van der Waals surface area (Å²) in [7, 11) is 0. The Kier molecular flexibility index (Phi) is 5.74. The molecule has 2 fully saturated rings. The molecule has 1 nitrogen and oxygen atoms in total. The molecule has 2 aliphatic rings. The minimum absolute atomic E-state index is 0.637. The Morgan fingerprint density at radius 1 is 1.16 bits per heavy atom. The van der Waals surface area contributed by atoms with Gasteiger partial charge in [0.15, 0.2) is 0 Å². The highest BCUT2D eigenvalue weighted by molar-refractivity contribution is 4.96. The maximum absolute atomic E-state index is 3.94. The zero-order chi connectivity index (χ0) is 13.7. The number of rotatable bonds is 9. The Labute approximate surface area is 120 Å². The second-order valence-corrected chi connectivity index (χ2v) is 7.69. The summed E-state index contributed by atoms with van der Waals surface area (Å²) in [6.45, 7) is 8.35. The lowest BCUT2D eigenvalue weighted by molar-refractivity contribution is 0.144. The van der Waals surface area contributed by atoms with Crippen LogP contribution in [0, 0.1) is 17.3 Å². The summed E-state index contributed by atoms with van der Waals surface area (Å²) in [5.41, 5.74) is 0.637. The van der Waals surface area contributed by atoms with Crippen molar-refractivity contribution in [1.82, 2.24) is 5.32 Å². The van der Waals surface area contributed by atoms with E-state index in [4.69, 9.17) is 0 Å². The maximum atomic E-state index is 3.94. The zero-order valence-electron chi connectivity index (χ0n) is 13.5. The molecule has 2 aliphatic carbocycles. The second-order valence-electron chi connectivity index (χ2n) is 7.69. The lowest BCUT2D eigenvalue weighted by Gasteiger charge is -2.40. The maximum Gasteiger partial charge on any atom is 0.0124 e. The summed E-state index contributed by atoms with van der Waals surface area (Å²) in [5, 5.41) is 3.94. The fraction of sp³-hybridized carbons (Fsp3) is 1.00. The van der Waals surface area contributed by atoms with Crippen LogP contribution in [0.25, 0.3) is 0 Å². The summed E-state index contributed by atoms with van der Waals surface area (Å²) in [4.78, 5) is 0. The molecule has 0 amide bonds. The molecule has 0 radical (unpaired) electrons. The Morgan fingerprint density at radius 3 is 2.37 bits per heavy atom. The van der Waals surface area contributed by atoms with E-state index in [9.17, 15) is 0 Å². The van der Waals surface area contributed by atoms with Crippen LogP contribution in [0.3, 0.4) is 0 Å². The van der Waals surface area contributed by atoms with Crippen molar-refractivity contribution in [2.24, 2.45) is 17.3 Å². The molecule has 0 spiro atoms. The van der Waals surface area contributed by atoms with Crippen molar-refractivity contribution in [2.45, 2.75) is 91.0 Å². The number of hydrogen-bond acceptors (Lipinski definition) is 1. The monoisotopic (exact) mass is 265 g/mol. The third-order valence-electron chi connectivity index (χ3n) is 5.35. The molecule has 1 atom stereocenters. The summed E-state index contributed by atoms with van der Waals surface area (Å²) in [5.74, 6) is 1.94. The van der Waals surface area contributed by atoms with E-state index in [0.29, 0.717) is 5.41 Å². The van der Waals surface area contributed by atoms with Gasteiger partial charge in [-0.3, -0.25) is 0 Å². The molecule has 0 aromatic carbocycles. The SMILES string of the molecule is CCCNC(CCC1CC1)C1(CC(C)C)CCCC1. The molecular weight excluding hydrogens is 230 g/mol. The van der Waals surface area contributed by atoms with Gasteiger partial charge >= 0.3 is 0 Å². The minimum Gasteiger partial charge on any atom is -0.313 e. The third-order valence-corrected chi connectivity index (χ3v) is 5.35. The van der Waals surface area contributed by atoms with Crippen molar-refractivity contribution in [2.75, 3.05) is 6.54 Å². The van der Waals surface area contributed by atoms with E-state index in [2.05, 4.69) is 26.1 Å². The first-order valence-electron chi connectivity index (χ1n) is 8.89. The minimum atomic E-state index is 0.637. The number of nitrogens with one attached hydrogen (secondary N) is 1. The largest absolute Gasteiger partial charge is 0.313 e. The van der Waals surface area contributed by atoms with Crippen LogP contribution in [-0.4, -0.2) is 12.6 Å². The topological polar surface area (TPSA) is 12.0 Å². The first-order valence-corrected chi connectivity index (χ1v) is 8.89. The molecule has 0 aromatic rings. The first kappa shape index (κ1) is 15.4. The van der Waals surface area contributed by atoms with Crippen LogP contribution in [0.15, 0.2) is 0 Å². The van der Waals surface area contributed by atoms with Crippen LogP contribution in [-0.2, 0) is 0 Å². The van der Waals surface area contributed by atoms with Gasteiger partial charge in [-0.25, -0.2) is 0 Å². The molecular formula is C18H35N. The molecule has 0 saturated heterocycles. The first-order chi connectivity index (χ1) is 9.16. The average molecular weight is 265 g/mol. The molecule has 19 heavy (non-hydrogen) atoms. The van der Waals surface area contributed by atoms with Crippen molar-refractivity contribution in [3.63, 3.8) is 0 Å². The predicted octanol–water partition coefficient (Wildman–Crippen LogP) is 5.15. The second kappa shape index (κ2) is 7.11. The fourth-order valence-corrected chi connectivity index (χ4v) is 4.34. The Morgan fingerprint density at radius 2 is 1.84 bits per heavy atom. The van der Waals surface area contributed by atoms with Crippen molar-refractivity contribution >= 4 is 0 Å². The van der Waals surface area contributed by atoms with Gasteiger partial charge in [0.25, 0.3) is 0 Å². The molecule has 0 bridgehead atoms. The smallest absolute Gasteiger partial charge is 0.0124 e. The van der Waals surface area contributed by atoms with Gasteiger partial charge < -0.3 is 5.32 Å². The molecule has 112 valence electrons. The number of hydrogen-bond donors (Lipinski definition) is 1. The van der Waals surface area contributed by atoms with E-state index in [1.807, 2.05) is 0 Å². The highest BCUT2D eigenvalue weighted by Crippen LogP contribution is 2.48. The van der Waals surface area contributed by atoms with Crippen LogP contribution >= 0.6 is 0 Å². The fourth-order valence-electron chi connectivity index (χ4n) is 4.34. The predicted molar refractivity (Wildman–Crippen MR) is 84.4 cm³/mol. The zero-order valence-corrected chi connectivity index (χ0v) is 13.5. The lowest BCUT2D eigenvalue weighted by atomic mass is 9.71. The van der Waals surface area contributed by atoms with Crippen LogP contribution in [0.5, 0.6) is 0 Å². The highest BCUT2D eigenvalue weighted by atomic mass is 14.9.